The molecule has 4 heteroatoms. The molecule has 0 heterocycles. The molecule has 0 radical (unpaired) electrons. The summed E-state index contributed by atoms with van der Waals surface area (Å²) in [5.41, 5.74) is 6.76. The second-order valence-electron chi connectivity index (χ2n) is 4.74. The summed E-state index contributed by atoms with van der Waals surface area (Å²) in [5.74, 6) is 0.146. The van der Waals surface area contributed by atoms with Crippen LogP contribution < -0.4 is 10.5 Å². The molecule has 20 heavy (non-hydrogen) atoms. The van der Waals surface area contributed by atoms with E-state index in [2.05, 4.69) is 6.92 Å². The van der Waals surface area contributed by atoms with Crippen LogP contribution in [0.3, 0.4) is 0 Å². The monoisotopic (exact) mass is 279 g/mol. The summed E-state index contributed by atoms with van der Waals surface area (Å²) in [6, 6.07) is 5.01. The Balaban J connectivity index is 2.54. The third-order valence-electron chi connectivity index (χ3n) is 3.01. The quantitative estimate of drug-likeness (QED) is 0.424. The number of carbonyl (C=O) groups is 1. The molecule has 2 N–H and O–H groups in total. The molecular weight excluding hydrogens is 254 g/mol. The van der Waals surface area contributed by atoms with Crippen molar-refractivity contribution in [3.05, 3.63) is 23.8 Å². The summed E-state index contributed by atoms with van der Waals surface area (Å²) < 4.78 is 10.7. The zero-order chi connectivity index (χ0) is 14.8. The van der Waals surface area contributed by atoms with Crippen molar-refractivity contribution in [3.8, 4) is 5.75 Å². The normalized spacial score (nSPS) is 10.3. The topological polar surface area (TPSA) is 61.5 Å². The van der Waals surface area contributed by atoms with Gasteiger partial charge < -0.3 is 15.2 Å². The van der Waals surface area contributed by atoms with Crippen LogP contribution in [0, 0.1) is 0 Å². The van der Waals surface area contributed by atoms with Gasteiger partial charge >= 0.3 is 5.97 Å². The Morgan fingerprint density at radius 3 is 2.60 bits per heavy atom. The molecule has 0 aromatic heterocycles. The number of hydrogen-bond acceptors (Lipinski definition) is 4. The maximum absolute atomic E-state index is 11.8. The van der Waals surface area contributed by atoms with Crippen molar-refractivity contribution in [2.45, 2.75) is 46.0 Å². The van der Waals surface area contributed by atoms with E-state index in [-0.39, 0.29) is 5.97 Å². The lowest BCUT2D eigenvalue weighted by atomic mass is 10.1. The van der Waals surface area contributed by atoms with E-state index in [0.717, 1.165) is 12.8 Å². The van der Waals surface area contributed by atoms with E-state index in [1.165, 1.54) is 19.3 Å². The van der Waals surface area contributed by atoms with Crippen LogP contribution in [0.5, 0.6) is 5.75 Å². The van der Waals surface area contributed by atoms with Gasteiger partial charge in [-0.15, -0.1) is 0 Å². The largest absolute Gasteiger partial charge is 0.493 e. The Labute approximate surface area is 121 Å². The molecule has 0 aliphatic heterocycles. The van der Waals surface area contributed by atoms with Crippen molar-refractivity contribution < 1.29 is 14.3 Å². The molecule has 0 unspecified atom stereocenters. The maximum Gasteiger partial charge on any atom is 0.341 e. The standard InChI is InChI=1S/C16H25NO3/c1-3-5-6-7-8-11-20-15-12-13(17)9-10-14(15)16(18)19-4-2/h9-10,12H,3-8,11,17H2,1-2H3. The van der Waals surface area contributed by atoms with E-state index in [0.29, 0.717) is 30.2 Å². The van der Waals surface area contributed by atoms with Gasteiger partial charge in [-0.2, -0.15) is 0 Å². The number of ether oxygens (including phenoxy) is 2. The van der Waals surface area contributed by atoms with Crippen LogP contribution in [-0.2, 0) is 4.74 Å². The highest BCUT2D eigenvalue weighted by Crippen LogP contribution is 2.23. The molecule has 0 spiro atoms. The molecule has 1 rings (SSSR count). The van der Waals surface area contributed by atoms with E-state index in [1.54, 1.807) is 25.1 Å². The summed E-state index contributed by atoms with van der Waals surface area (Å²) in [5, 5.41) is 0. The molecule has 112 valence electrons. The minimum absolute atomic E-state index is 0.347. The van der Waals surface area contributed by atoms with Gasteiger partial charge in [0.05, 0.1) is 13.2 Å². The van der Waals surface area contributed by atoms with Crippen molar-refractivity contribution in [2.75, 3.05) is 18.9 Å². The number of rotatable bonds is 9. The first-order valence-electron chi connectivity index (χ1n) is 7.38. The first kappa shape index (κ1) is 16.3. The lowest BCUT2D eigenvalue weighted by molar-refractivity contribution is 0.0521. The number of nitrogens with two attached hydrogens (primary N) is 1. The fraction of sp³-hybridized carbons (Fsp3) is 0.562. The number of nitrogen functional groups attached to an aromatic ring is 1. The van der Waals surface area contributed by atoms with Gasteiger partial charge in [0.15, 0.2) is 0 Å². The highest BCUT2D eigenvalue weighted by Gasteiger charge is 2.13. The molecule has 0 fully saturated rings. The van der Waals surface area contributed by atoms with Crippen molar-refractivity contribution in [3.63, 3.8) is 0 Å². The smallest absolute Gasteiger partial charge is 0.341 e. The Bertz CT molecular complexity index is 418. The van der Waals surface area contributed by atoms with Crippen LogP contribution in [0.15, 0.2) is 18.2 Å². The average molecular weight is 279 g/mol. The molecule has 0 aliphatic rings. The predicted octanol–water partition coefficient (Wildman–Crippen LogP) is 3.79. The summed E-state index contributed by atoms with van der Waals surface area (Å²) in [6.07, 6.45) is 5.83. The van der Waals surface area contributed by atoms with Crippen LogP contribution in [0.4, 0.5) is 5.69 Å². The SMILES string of the molecule is CCCCCCCOc1cc(N)ccc1C(=O)OCC. The van der Waals surface area contributed by atoms with Gasteiger partial charge in [0.1, 0.15) is 11.3 Å². The molecule has 0 saturated carbocycles. The summed E-state index contributed by atoms with van der Waals surface area (Å²) in [6.45, 7) is 4.91. The van der Waals surface area contributed by atoms with E-state index in [9.17, 15) is 4.79 Å². The molecule has 0 bridgehead atoms. The number of hydrogen-bond donors (Lipinski definition) is 1. The van der Waals surface area contributed by atoms with Crippen LogP contribution in [-0.4, -0.2) is 19.2 Å². The van der Waals surface area contributed by atoms with Gasteiger partial charge in [-0.3, -0.25) is 0 Å². The zero-order valence-electron chi connectivity index (χ0n) is 12.5. The summed E-state index contributed by atoms with van der Waals surface area (Å²) >= 11 is 0. The van der Waals surface area contributed by atoms with E-state index >= 15 is 0 Å². The fourth-order valence-corrected chi connectivity index (χ4v) is 1.92. The van der Waals surface area contributed by atoms with Crippen molar-refractivity contribution >= 4 is 11.7 Å². The molecule has 0 aliphatic carbocycles. The Hall–Kier alpha value is -1.71. The van der Waals surface area contributed by atoms with E-state index in [4.69, 9.17) is 15.2 Å². The fourth-order valence-electron chi connectivity index (χ4n) is 1.92. The number of esters is 1. The van der Waals surface area contributed by atoms with Crippen molar-refractivity contribution in [1.82, 2.24) is 0 Å². The minimum atomic E-state index is -0.367. The zero-order valence-corrected chi connectivity index (χ0v) is 12.5. The molecule has 0 saturated heterocycles. The second-order valence-corrected chi connectivity index (χ2v) is 4.74. The Kier molecular flexibility index (Phi) is 7.55. The number of carbonyl (C=O) groups excluding carboxylic acids is 1. The van der Waals surface area contributed by atoms with Crippen molar-refractivity contribution in [1.29, 1.82) is 0 Å². The molecule has 1 aromatic rings. The minimum Gasteiger partial charge on any atom is -0.493 e. The Morgan fingerprint density at radius 2 is 1.90 bits per heavy atom. The number of anilines is 1. The first-order valence-corrected chi connectivity index (χ1v) is 7.38. The molecular formula is C16H25NO3. The van der Waals surface area contributed by atoms with E-state index in [1.807, 2.05) is 0 Å². The third kappa shape index (κ3) is 5.51. The third-order valence-corrected chi connectivity index (χ3v) is 3.01. The van der Waals surface area contributed by atoms with Gasteiger partial charge in [-0.05, 0) is 25.5 Å². The predicted molar refractivity (Wildman–Crippen MR) is 81.1 cm³/mol. The lowest BCUT2D eigenvalue weighted by Gasteiger charge is -2.11. The summed E-state index contributed by atoms with van der Waals surface area (Å²) in [7, 11) is 0. The van der Waals surface area contributed by atoms with Crippen LogP contribution >= 0.6 is 0 Å². The van der Waals surface area contributed by atoms with Crippen LogP contribution in [0.25, 0.3) is 0 Å². The first-order chi connectivity index (χ1) is 9.69. The van der Waals surface area contributed by atoms with Gasteiger partial charge in [-0.1, -0.05) is 32.6 Å². The second kappa shape index (κ2) is 9.23. The van der Waals surface area contributed by atoms with Gasteiger partial charge in [0, 0.05) is 11.8 Å². The summed E-state index contributed by atoms with van der Waals surface area (Å²) in [4.78, 5) is 11.8. The van der Waals surface area contributed by atoms with Crippen LogP contribution in [0.2, 0.25) is 0 Å². The van der Waals surface area contributed by atoms with Gasteiger partial charge in [0.25, 0.3) is 0 Å². The van der Waals surface area contributed by atoms with Gasteiger partial charge in [-0.25, -0.2) is 4.79 Å². The van der Waals surface area contributed by atoms with Gasteiger partial charge in [0.2, 0.25) is 0 Å². The Morgan fingerprint density at radius 1 is 1.15 bits per heavy atom. The van der Waals surface area contributed by atoms with Crippen molar-refractivity contribution in [2.24, 2.45) is 0 Å². The van der Waals surface area contributed by atoms with Crippen LogP contribution in [0.1, 0.15) is 56.3 Å². The number of unbranched alkanes of at least 4 members (excludes halogenated alkanes) is 4. The molecule has 4 nitrogen and oxygen atoms in total. The lowest BCUT2D eigenvalue weighted by Crippen LogP contribution is -2.09. The highest BCUT2D eigenvalue weighted by atomic mass is 16.5. The molecule has 0 atom stereocenters. The maximum atomic E-state index is 11.8. The van der Waals surface area contributed by atoms with E-state index < -0.39 is 0 Å². The molecule has 1 aromatic carbocycles. The molecule has 0 amide bonds. The highest BCUT2D eigenvalue weighted by molar-refractivity contribution is 5.93. The average Bonchev–Trinajstić information content (AvgIpc) is 2.43. The number of benzene rings is 1.